The third kappa shape index (κ3) is 7.56. The van der Waals surface area contributed by atoms with E-state index in [-0.39, 0.29) is 23.4 Å². The fraction of sp³-hybridized carbons (Fsp3) is 0.333. The van der Waals surface area contributed by atoms with Crippen LogP contribution in [0.2, 0.25) is 10.0 Å². The molecule has 0 saturated heterocycles. The Balaban J connectivity index is 2.07. The minimum atomic E-state index is -4.13. The molecule has 0 aromatic heterocycles. The molecule has 3 aromatic carbocycles. The number of nitrogens with one attached hydrogen (secondary N) is 1. The van der Waals surface area contributed by atoms with Gasteiger partial charge in [0.1, 0.15) is 12.6 Å². The standard InChI is InChI=1S/C30H35Cl2N3O4S/c1-6-22(4)33-30(37)23(5)34(18-24-13-14-25(31)17-27(24)32)29(36)19-35(28-15-12-20(2)16-21(28)3)40(38,39)26-10-8-7-9-11-26/h7-17,22-23H,6,18-19H2,1-5H3,(H,33,37)/t22-,23-/m0/s1. The summed E-state index contributed by atoms with van der Waals surface area (Å²) in [6, 6.07) is 17.2. The van der Waals surface area contributed by atoms with Crippen LogP contribution in [0.25, 0.3) is 0 Å². The predicted molar refractivity (Wildman–Crippen MR) is 161 cm³/mol. The van der Waals surface area contributed by atoms with Gasteiger partial charge in [0, 0.05) is 22.6 Å². The van der Waals surface area contributed by atoms with Crippen LogP contribution in [0.3, 0.4) is 0 Å². The summed E-state index contributed by atoms with van der Waals surface area (Å²) in [4.78, 5) is 28.6. The van der Waals surface area contributed by atoms with Crippen LogP contribution < -0.4 is 9.62 Å². The minimum absolute atomic E-state index is 0.0178. The first-order valence-corrected chi connectivity index (χ1v) is 15.2. The molecule has 0 bridgehead atoms. The van der Waals surface area contributed by atoms with Crippen molar-refractivity contribution in [1.82, 2.24) is 10.2 Å². The fourth-order valence-electron chi connectivity index (χ4n) is 4.20. The summed E-state index contributed by atoms with van der Waals surface area (Å²) >= 11 is 12.5. The lowest BCUT2D eigenvalue weighted by Gasteiger charge is -2.33. The highest BCUT2D eigenvalue weighted by Crippen LogP contribution is 2.29. The maximum absolute atomic E-state index is 14.0. The summed E-state index contributed by atoms with van der Waals surface area (Å²) in [5.74, 6) is -0.908. The zero-order valence-corrected chi connectivity index (χ0v) is 25.6. The molecule has 214 valence electrons. The number of nitrogens with zero attached hydrogens (tertiary/aromatic N) is 2. The Bertz CT molecular complexity index is 1470. The minimum Gasteiger partial charge on any atom is -0.352 e. The van der Waals surface area contributed by atoms with Crippen LogP contribution >= 0.6 is 23.2 Å². The highest BCUT2D eigenvalue weighted by molar-refractivity contribution is 7.92. The van der Waals surface area contributed by atoms with Crippen molar-refractivity contribution in [3.63, 3.8) is 0 Å². The lowest BCUT2D eigenvalue weighted by molar-refractivity contribution is -0.139. The molecule has 0 radical (unpaired) electrons. The van der Waals surface area contributed by atoms with Gasteiger partial charge in [0.05, 0.1) is 10.6 Å². The Labute approximate surface area is 247 Å². The first-order valence-electron chi connectivity index (χ1n) is 13.0. The van der Waals surface area contributed by atoms with Gasteiger partial charge in [0.2, 0.25) is 11.8 Å². The van der Waals surface area contributed by atoms with E-state index in [1.807, 2.05) is 26.8 Å². The number of sulfonamides is 1. The van der Waals surface area contributed by atoms with Crippen molar-refractivity contribution in [3.05, 3.63) is 93.5 Å². The van der Waals surface area contributed by atoms with Gasteiger partial charge in [0.15, 0.2) is 0 Å². The molecule has 40 heavy (non-hydrogen) atoms. The molecule has 7 nitrogen and oxygen atoms in total. The second-order valence-corrected chi connectivity index (χ2v) is 12.6. The van der Waals surface area contributed by atoms with Crippen LogP contribution in [-0.2, 0) is 26.2 Å². The van der Waals surface area contributed by atoms with E-state index in [1.54, 1.807) is 62.4 Å². The summed E-state index contributed by atoms with van der Waals surface area (Å²) in [6.07, 6.45) is 0.714. The number of amides is 2. The molecule has 3 aromatic rings. The first kappa shape index (κ1) is 31.5. The molecule has 0 unspecified atom stereocenters. The maximum atomic E-state index is 14.0. The molecule has 0 aliphatic heterocycles. The third-order valence-corrected chi connectivity index (χ3v) is 9.12. The maximum Gasteiger partial charge on any atom is 0.264 e. The van der Waals surface area contributed by atoms with Gasteiger partial charge >= 0.3 is 0 Å². The lowest BCUT2D eigenvalue weighted by Crippen LogP contribution is -2.52. The number of benzene rings is 3. The summed E-state index contributed by atoms with van der Waals surface area (Å²) in [7, 11) is -4.13. The molecular formula is C30H35Cl2N3O4S. The van der Waals surface area contributed by atoms with Gasteiger partial charge in [-0.2, -0.15) is 0 Å². The summed E-state index contributed by atoms with van der Waals surface area (Å²) in [5, 5.41) is 3.68. The molecule has 3 rings (SSSR count). The number of aryl methyl sites for hydroxylation is 2. The molecule has 0 spiro atoms. The normalized spacial score (nSPS) is 12.9. The highest BCUT2D eigenvalue weighted by atomic mass is 35.5. The van der Waals surface area contributed by atoms with Gasteiger partial charge in [-0.1, -0.05) is 72.1 Å². The van der Waals surface area contributed by atoms with E-state index in [0.29, 0.717) is 33.3 Å². The number of anilines is 1. The predicted octanol–water partition coefficient (Wildman–Crippen LogP) is 6.14. The molecule has 2 atom stereocenters. The van der Waals surface area contributed by atoms with Crippen LogP contribution in [-0.4, -0.2) is 43.8 Å². The van der Waals surface area contributed by atoms with E-state index in [0.717, 1.165) is 9.87 Å². The SMILES string of the molecule is CC[C@H](C)NC(=O)[C@H](C)N(Cc1ccc(Cl)cc1Cl)C(=O)CN(c1ccc(C)cc1C)S(=O)(=O)c1ccccc1. The highest BCUT2D eigenvalue weighted by Gasteiger charge is 2.33. The molecule has 1 N–H and O–H groups in total. The van der Waals surface area contributed by atoms with Gasteiger partial charge in [0.25, 0.3) is 10.0 Å². The van der Waals surface area contributed by atoms with Gasteiger partial charge in [-0.3, -0.25) is 13.9 Å². The lowest BCUT2D eigenvalue weighted by atomic mass is 10.1. The smallest absolute Gasteiger partial charge is 0.264 e. The summed E-state index contributed by atoms with van der Waals surface area (Å²) in [5.41, 5.74) is 2.61. The largest absolute Gasteiger partial charge is 0.352 e. The number of carbonyl (C=O) groups is 2. The summed E-state index contributed by atoms with van der Waals surface area (Å²) in [6.45, 7) is 8.61. The number of hydrogen-bond acceptors (Lipinski definition) is 4. The van der Waals surface area contributed by atoms with Crippen LogP contribution in [0, 0.1) is 13.8 Å². The van der Waals surface area contributed by atoms with Gasteiger partial charge < -0.3 is 10.2 Å². The van der Waals surface area contributed by atoms with Gasteiger partial charge in [-0.05, 0) is 75.6 Å². The molecule has 2 amide bonds. The quantitative estimate of drug-likeness (QED) is 0.285. The second-order valence-electron chi connectivity index (χ2n) is 9.87. The van der Waals surface area contributed by atoms with Crippen molar-refractivity contribution in [2.45, 2.75) is 64.6 Å². The van der Waals surface area contributed by atoms with E-state index < -0.39 is 28.5 Å². The van der Waals surface area contributed by atoms with E-state index in [1.165, 1.54) is 17.0 Å². The fourth-order valence-corrected chi connectivity index (χ4v) is 6.17. The van der Waals surface area contributed by atoms with Crippen molar-refractivity contribution >= 4 is 50.7 Å². The van der Waals surface area contributed by atoms with Crippen molar-refractivity contribution in [1.29, 1.82) is 0 Å². The monoisotopic (exact) mass is 603 g/mol. The Morgan fingerprint density at radius 2 is 1.62 bits per heavy atom. The summed E-state index contributed by atoms with van der Waals surface area (Å²) < 4.78 is 28.9. The number of carbonyl (C=O) groups excluding carboxylic acids is 2. The molecular weight excluding hydrogens is 569 g/mol. The molecule has 0 aliphatic carbocycles. The van der Waals surface area contributed by atoms with E-state index in [2.05, 4.69) is 5.32 Å². The average molecular weight is 605 g/mol. The number of rotatable bonds is 11. The molecule has 0 saturated carbocycles. The van der Waals surface area contributed by atoms with Crippen molar-refractivity contribution < 1.29 is 18.0 Å². The topological polar surface area (TPSA) is 86.8 Å². The van der Waals surface area contributed by atoms with Gasteiger partial charge in [-0.15, -0.1) is 0 Å². The van der Waals surface area contributed by atoms with Crippen molar-refractivity contribution in [2.24, 2.45) is 0 Å². The van der Waals surface area contributed by atoms with Crippen molar-refractivity contribution in [3.8, 4) is 0 Å². The van der Waals surface area contributed by atoms with Crippen LogP contribution in [0.4, 0.5) is 5.69 Å². The third-order valence-electron chi connectivity index (χ3n) is 6.76. The molecule has 10 heteroatoms. The first-order chi connectivity index (χ1) is 18.8. The zero-order chi connectivity index (χ0) is 29.6. The Kier molecular flexibility index (Phi) is 10.6. The Morgan fingerprint density at radius 1 is 0.950 bits per heavy atom. The van der Waals surface area contributed by atoms with Crippen molar-refractivity contribution in [2.75, 3.05) is 10.8 Å². The van der Waals surface area contributed by atoms with Crippen LogP contribution in [0.1, 0.15) is 43.9 Å². The van der Waals surface area contributed by atoms with Crippen LogP contribution in [0.15, 0.2) is 71.6 Å². The second kappa shape index (κ2) is 13.5. The van der Waals surface area contributed by atoms with E-state index in [9.17, 15) is 18.0 Å². The Morgan fingerprint density at radius 3 is 2.23 bits per heavy atom. The molecule has 0 aliphatic rings. The Hall–Kier alpha value is -3.07. The van der Waals surface area contributed by atoms with E-state index in [4.69, 9.17) is 23.2 Å². The average Bonchev–Trinajstić information content (AvgIpc) is 2.91. The van der Waals surface area contributed by atoms with Gasteiger partial charge in [-0.25, -0.2) is 8.42 Å². The number of hydrogen-bond donors (Lipinski definition) is 1. The zero-order valence-electron chi connectivity index (χ0n) is 23.3. The molecule has 0 fully saturated rings. The number of halogens is 2. The van der Waals surface area contributed by atoms with E-state index >= 15 is 0 Å². The molecule has 0 heterocycles. The van der Waals surface area contributed by atoms with Crippen LogP contribution in [0.5, 0.6) is 0 Å².